The van der Waals surface area contributed by atoms with Crippen LogP contribution in [0.25, 0.3) is 38.4 Å². The van der Waals surface area contributed by atoms with Crippen LogP contribution in [0.15, 0.2) is 158 Å². The fraction of sp³-hybridized carbons (Fsp3) is 0.193. The maximum absolute atomic E-state index is 6.66. The van der Waals surface area contributed by atoms with Gasteiger partial charge in [-0.05, 0) is 91.7 Å². The summed E-state index contributed by atoms with van der Waals surface area (Å²) in [5.74, 6) is 2.04. The molecular formula is C57H51N4OPt-3. The van der Waals surface area contributed by atoms with Gasteiger partial charge in [-0.25, -0.2) is 4.98 Å². The van der Waals surface area contributed by atoms with Crippen molar-refractivity contribution >= 4 is 55.3 Å². The average molecular weight is 1000 g/mol. The van der Waals surface area contributed by atoms with Gasteiger partial charge in [0.05, 0.1) is 0 Å². The van der Waals surface area contributed by atoms with Crippen LogP contribution in [-0.4, -0.2) is 9.55 Å². The Kier molecular flexibility index (Phi) is 10.6. The van der Waals surface area contributed by atoms with E-state index in [0.29, 0.717) is 11.5 Å². The van der Waals surface area contributed by atoms with E-state index >= 15 is 0 Å². The molecule has 0 amide bonds. The molecule has 63 heavy (non-hydrogen) atoms. The van der Waals surface area contributed by atoms with Gasteiger partial charge in [-0.3, -0.25) is 0 Å². The van der Waals surface area contributed by atoms with Crippen LogP contribution in [-0.2, 0) is 37.3 Å². The number of pyridine rings is 1. The van der Waals surface area contributed by atoms with Gasteiger partial charge in [-0.15, -0.1) is 48.1 Å². The van der Waals surface area contributed by atoms with E-state index in [1.54, 1.807) is 0 Å². The molecule has 0 radical (unpaired) electrons. The van der Waals surface area contributed by atoms with Crippen molar-refractivity contribution in [3.8, 4) is 17.3 Å². The van der Waals surface area contributed by atoms with Crippen LogP contribution >= 0.6 is 0 Å². The van der Waals surface area contributed by atoms with E-state index in [4.69, 9.17) is 9.72 Å². The van der Waals surface area contributed by atoms with E-state index in [-0.39, 0.29) is 37.3 Å². The Labute approximate surface area is 386 Å². The minimum absolute atomic E-state index is 0. The largest absolute Gasteiger partial charge is 0.509 e. The molecule has 10 rings (SSSR count). The van der Waals surface area contributed by atoms with E-state index in [9.17, 15) is 0 Å². The quantitative estimate of drug-likeness (QED) is 0.149. The third kappa shape index (κ3) is 7.61. The van der Waals surface area contributed by atoms with Crippen LogP contribution < -0.4 is 14.5 Å². The number of hydrogen-bond donors (Lipinski definition) is 0. The zero-order chi connectivity index (χ0) is 43.0. The smallest absolute Gasteiger partial charge is 0.135 e. The third-order valence-electron chi connectivity index (χ3n) is 12.5. The van der Waals surface area contributed by atoms with Crippen molar-refractivity contribution in [3.05, 3.63) is 199 Å². The summed E-state index contributed by atoms with van der Waals surface area (Å²) < 4.78 is 8.87. The Morgan fingerprint density at radius 1 is 0.540 bits per heavy atom. The van der Waals surface area contributed by atoms with Crippen LogP contribution in [0.4, 0.5) is 22.7 Å². The fourth-order valence-corrected chi connectivity index (χ4v) is 8.91. The van der Waals surface area contributed by atoms with Crippen molar-refractivity contribution in [2.75, 3.05) is 9.80 Å². The van der Waals surface area contributed by atoms with Crippen molar-refractivity contribution in [2.24, 2.45) is 0 Å². The molecule has 0 saturated heterocycles. The SMILES string of the molecule is CC(C)(C)c1cc(N2[CH-]N(c3[c-]c(Oc4[c-]c5c(cc4)c4ccccc4n5-c4cc(C(C)(C)c5cccc6ccccc56)ccn4)ccc3)c3ccccc32)cc(C(C)(C)C)c1.[Pt]. The second-order valence-electron chi connectivity index (χ2n) is 19.1. The van der Waals surface area contributed by atoms with E-state index in [1.807, 2.05) is 24.4 Å². The zero-order valence-electron chi connectivity index (χ0n) is 37.1. The van der Waals surface area contributed by atoms with Crippen LogP contribution in [0, 0.1) is 18.8 Å². The first kappa shape index (κ1) is 42.2. The molecule has 0 saturated carbocycles. The Morgan fingerprint density at radius 2 is 1.17 bits per heavy atom. The molecular weight excluding hydrogens is 952 g/mol. The van der Waals surface area contributed by atoms with Gasteiger partial charge in [0.15, 0.2) is 0 Å². The maximum atomic E-state index is 6.66. The molecule has 3 heterocycles. The monoisotopic (exact) mass is 1000 g/mol. The molecule has 318 valence electrons. The number of benzene rings is 7. The first-order chi connectivity index (χ1) is 29.7. The molecule has 0 atom stereocenters. The molecule has 7 aromatic carbocycles. The number of ether oxygens (including phenoxy) is 1. The molecule has 0 aliphatic carbocycles. The average Bonchev–Trinajstić information content (AvgIpc) is 3.82. The normalized spacial score (nSPS) is 13.1. The van der Waals surface area contributed by atoms with Crippen molar-refractivity contribution in [1.29, 1.82) is 0 Å². The molecule has 0 N–H and O–H groups in total. The van der Waals surface area contributed by atoms with Gasteiger partial charge in [-0.2, -0.15) is 12.1 Å². The predicted molar refractivity (Wildman–Crippen MR) is 258 cm³/mol. The first-order valence-corrected chi connectivity index (χ1v) is 21.5. The minimum atomic E-state index is -0.285. The summed E-state index contributed by atoms with van der Waals surface area (Å²) in [6.45, 7) is 20.5. The Morgan fingerprint density at radius 3 is 1.92 bits per heavy atom. The number of rotatable bonds is 7. The van der Waals surface area contributed by atoms with Gasteiger partial charge in [0.1, 0.15) is 5.82 Å². The molecule has 0 fully saturated rings. The molecule has 1 aliphatic rings. The van der Waals surface area contributed by atoms with Gasteiger partial charge in [-0.1, -0.05) is 140 Å². The summed E-state index contributed by atoms with van der Waals surface area (Å²) in [6, 6.07) is 61.1. The van der Waals surface area contributed by atoms with Crippen LogP contribution in [0.5, 0.6) is 11.5 Å². The fourth-order valence-electron chi connectivity index (χ4n) is 8.91. The number of hydrogen-bond acceptors (Lipinski definition) is 4. The van der Waals surface area contributed by atoms with Gasteiger partial charge >= 0.3 is 0 Å². The summed E-state index contributed by atoms with van der Waals surface area (Å²) in [4.78, 5) is 9.48. The molecule has 0 unspecified atom stereocenters. The Bertz CT molecular complexity index is 3130. The topological polar surface area (TPSA) is 33.5 Å². The van der Waals surface area contributed by atoms with Crippen molar-refractivity contribution in [3.63, 3.8) is 0 Å². The molecule has 9 aromatic rings. The van der Waals surface area contributed by atoms with Crippen molar-refractivity contribution < 1.29 is 25.8 Å². The zero-order valence-corrected chi connectivity index (χ0v) is 39.4. The predicted octanol–water partition coefficient (Wildman–Crippen LogP) is 15.1. The number of nitrogens with zero attached hydrogens (tertiary/aromatic N) is 4. The van der Waals surface area contributed by atoms with Crippen LogP contribution in [0.1, 0.15) is 77.6 Å². The summed E-state index contributed by atoms with van der Waals surface area (Å²) in [7, 11) is 0. The molecule has 6 heteroatoms. The summed E-state index contributed by atoms with van der Waals surface area (Å²) in [6.07, 6.45) is 1.93. The number of anilines is 4. The Balaban J connectivity index is 0.00000504. The molecule has 0 bridgehead atoms. The number of fused-ring (bicyclic) bond motifs is 5. The summed E-state index contributed by atoms with van der Waals surface area (Å²) in [5, 5.41) is 4.71. The van der Waals surface area contributed by atoms with Gasteiger partial charge in [0.2, 0.25) is 0 Å². The second kappa shape index (κ2) is 15.9. The summed E-state index contributed by atoms with van der Waals surface area (Å²) in [5.41, 5.74) is 11.0. The molecule has 0 spiro atoms. The van der Waals surface area contributed by atoms with Crippen molar-refractivity contribution in [2.45, 2.75) is 71.6 Å². The van der Waals surface area contributed by atoms with Gasteiger partial charge in [0, 0.05) is 66.8 Å². The van der Waals surface area contributed by atoms with Crippen molar-refractivity contribution in [1.82, 2.24) is 9.55 Å². The Hall–Kier alpha value is -6.16. The molecule has 1 aliphatic heterocycles. The van der Waals surface area contributed by atoms with E-state index in [2.05, 4.69) is 222 Å². The molecule has 2 aromatic heterocycles. The van der Waals surface area contributed by atoms with E-state index in [0.717, 1.165) is 50.4 Å². The maximum Gasteiger partial charge on any atom is 0.135 e. The van der Waals surface area contributed by atoms with Gasteiger partial charge in [0.25, 0.3) is 0 Å². The standard InChI is InChI=1S/C57H51N4O.Pt/c1-55(2,3)40-31-41(56(4,5)6)33-43(32-40)60-37-59(51-25-13-14-26-52(51)60)42-19-16-20-44(35-42)62-45-27-28-48-47-22-11-12-24-50(47)61(53(48)36-45)54-34-39(29-30-58-54)57(7,8)49-23-15-18-38-17-9-10-21-46(38)49;/h9-34,37H,1-8H3;/q-3;. The minimum Gasteiger partial charge on any atom is -0.509 e. The van der Waals surface area contributed by atoms with Crippen LogP contribution in [0.3, 0.4) is 0 Å². The van der Waals surface area contributed by atoms with Crippen LogP contribution in [0.2, 0.25) is 0 Å². The van der Waals surface area contributed by atoms with E-state index in [1.165, 1.54) is 33.0 Å². The second-order valence-corrected chi connectivity index (χ2v) is 19.1. The summed E-state index contributed by atoms with van der Waals surface area (Å²) >= 11 is 0. The molecule has 5 nitrogen and oxygen atoms in total. The number of para-hydroxylation sites is 3. The third-order valence-corrected chi connectivity index (χ3v) is 12.5. The number of aromatic nitrogens is 2. The van der Waals surface area contributed by atoms with Gasteiger partial charge < -0.3 is 19.1 Å². The van der Waals surface area contributed by atoms with E-state index < -0.39 is 0 Å². The first-order valence-electron chi connectivity index (χ1n) is 21.5.